The molecule has 0 aliphatic carbocycles. The van der Waals surface area contributed by atoms with Crippen molar-refractivity contribution >= 4 is 25.7 Å². The van der Waals surface area contributed by atoms with Crippen molar-refractivity contribution in [3.8, 4) is 0 Å². The molecular weight excluding hydrogens is 388 g/mol. The van der Waals surface area contributed by atoms with E-state index in [9.17, 15) is 9.90 Å². The minimum Gasteiger partial charge on any atom is -0.412 e. The number of alkyl halides is 1. The second kappa shape index (κ2) is 9.88. The van der Waals surface area contributed by atoms with Gasteiger partial charge in [-0.05, 0) is 36.5 Å². The normalized spacial score (nSPS) is 16.5. The van der Waals surface area contributed by atoms with Crippen LogP contribution in [0, 0.1) is 5.41 Å². The number of aliphatic hydroxyl groups is 1. The zero-order chi connectivity index (χ0) is 21.8. The Kier molecular flexibility index (Phi) is 8.95. The van der Waals surface area contributed by atoms with Crippen LogP contribution in [0.2, 0.25) is 18.1 Å². The highest BCUT2D eigenvalue weighted by atomic mass is 35.5. The lowest BCUT2D eigenvalue weighted by Crippen LogP contribution is -2.48. The first-order chi connectivity index (χ1) is 12.6. The summed E-state index contributed by atoms with van der Waals surface area (Å²) in [7, 11) is -2.07. The average Bonchev–Trinajstić information content (AvgIpc) is 2.56. The average molecular weight is 427 g/mol. The topological polar surface area (TPSA) is 46.5 Å². The van der Waals surface area contributed by atoms with Crippen LogP contribution in [0.5, 0.6) is 0 Å². The largest absolute Gasteiger partial charge is 0.412 e. The van der Waals surface area contributed by atoms with Crippen LogP contribution in [0.25, 0.3) is 0 Å². The SMILES string of the molecule is CC(C)(C)C(=O)C[C@H](O)[C@@H](Cl)C(CCc1ccccc1)O[Si](C)(C)C(C)(C)C. The molecule has 1 aromatic carbocycles. The number of aryl methyl sites for hydroxylation is 1. The van der Waals surface area contributed by atoms with E-state index in [1.807, 2.05) is 39.0 Å². The molecule has 28 heavy (non-hydrogen) atoms. The maximum absolute atomic E-state index is 12.4. The van der Waals surface area contributed by atoms with E-state index in [-0.39, 0.29) is 23.3 Å². The summed E-state index contributed by atoms with van der Waals surface area (Å²) in [6.45, 7) is 16.6. The number of ketones is 1. The minimum absolute atomic E-state index is 0.0137. The summed E-state index contributed by atoms with van der Waals surface area (Å²) in [4.78, 5) is 12.4. The highest BCUT2D eigenvalue weighted by Gasteiger charge is 2.42. The highest BCUT2D eigenvalue weighted by molar-refractivity contribution is 6.74. The lowest BCUT2D eigenvalue weighted by molar-refractivity contribution is -0.128. The molecule has 0 aliphatic rings. The maximum Gasteiger partial charge on any atom is 0.192 e. The van der Waals surface area contributed by atoms with Crippen LogP contribution >= 0.6 is 11.6 Å². The third-order valence-electron chi connectivity index (χ3n) is 5.77. The second-order valence-electron chi connectivity index (χ2n) is 10.3. The Balaban J connectivity index is 2.96. The first kappa shape index (κ1) is 25.4. The van der Waals surface area contributed by atoms with Gasteiger partial charge in [-0.1, -0.05) is 71.9 Å². The third kappa shape index (κ3) is 7.62. The number of halogens is 1. The Morgan fingerprint density at radius 2 is 1.64 bits per heavy atom. The van der Waals surface area contributed by atoms with E-state index in [4.69, 9.17) is 16.0 Å². The highest BCUT2D eigenvalue weighted by Crippen LogP contribution is 2.39. The van der Waals surface area contributed by atoms with Gasteiger partial charge in [0, 0.05) is 11.8 Å². The van der Waals surface area contributed by atoms with Gasteiger partial charge in [-0.15, -0.1) is 11.6 Å². The third-order valence-corrected chi connectivity index (χ3v) is 10.8. The van der Waals surface area contributed by atoms with Gasteiger partial charge in [0.25, 0.3) is 0 Å². The molecule has 0 spiro atoms. The standard InChI is InChI=1S/C23H39ClO3Si/c1-22(2,3)20(26)16-18(25)21(24)19(27-28(7,8)23(4,5)6)15-14-17-12-10-9-11-13-17/h9-13,18-19,21,25H,14-16H2,1-8H3/t18-,19?,21+/m0/s1. The molecule has 0 heterocycles. The van der Waals surface area contributed by atoms with Gasteiger partial charge in [0.15, 0.2) is 8.32 Å². The lowest BCUT2D eigenvalue weighted by Gasteiger charge is -2.41. The van der Waals surface area contributed by atoms with E-state index in [1.165, 1.54) is 5.56 Å². The number of benzene rings is 1. The molecule has 3 nitrogen and oxygen atoms in total. The fraction of sp³-hybridized carbons (Fsp3) is 0.696. The predicted octanol–water partition coefficient (Wildman–Crippen LogP) is 5.98. The van der Waals surface area contributed by atoms with Gasteiger partial charge in [0.1, 0.15) is 5.78 Å². The Labute approximate surface area is 178 Å². The maximum atomic E-state index is 12.4. The first-order valence-electron chi connectivity index (χ1n) is 10.2. The summed E-state index contributed by atoms with van der Waals surface area (Å²) in [5.74, 6) is 0.0137. The summed E-state index contributed by atoms with van der Waals surface area (Å²) in [6.07, 6.45) is 0.374. The molecular formula is C23H39ClO3Si. The van der Waals surface area contributed by atoms with Crippen molar-refractivity contribution in [3.63, 3.8) is 0 Å². The van der Waals surface area contributed by atoms with Gasteiger partial charge >= 0.3 is 0 Å². The van der Waals surface area contributed by atoms with Crippen molar-refractivity contribution in [1.29, 1.82) is 0 Å². The van der Waals surface area contributed by atoms with Gasteiger partial charge in [-0.2, -0.15) is 0 Å². The molecule has 0 radical (unpaired) electrons. The molecule has 0 bridgehead atoms. The molecule has 0 aromatic heterocycles. The predicted molar refractivity (Wildman–Crippen MR) is 122 cm³/mol. The van der Waals surface area contributed by atoms with E-state index in [0.29, 0.717) is 6.42 Å². The summed E-state index contributed by atoms with van der Waals surface area (Å²) in [5.41, 5.74) is 0.729. The Morgan fingerprint density at radius 1 is 1.11 bits per heavy atom. The zero-order valence-corrected chi connectivity index (χ0v) is 20.6. The molecule has 0 aliphatic heterocycles. The summed E-state index contributed by atoms with van der Waals surface area (Å²) in [5, 5.41) is 10.1. The van der Waals surface area contributed by atoms with Gasteiger partial charge in [0.2, 0.25) is 0 Å². The number of hydrogen-bond donors (Lipinski definition) is 1. The van der Waals surface area contributed by atoms with Crippen molar-refractivity contribution in [2.24, 2.45) is 5.41 Å². The van der Waals surface area contributed by atoms with E-state index in [0.717, 1.165) is 6.42 Å². The Morgan fingerprint density at radius 3 is 2.11 bits per heavy atom. The van der Waals surface area contributed by atoms with Crippen molar-refractivity contribution in [1.82, 2.24) is 0 Å². The number of rotatable bonds is 9. The fourth-order valence-electron chi connectivity index (χ4n) is 2.65. The second-order valence-corrected chi connectivity index (χ2v) is 15.6. The van der Waals surface area contributed by atoms with Gasteiger partial charge in [-0.25, -0.2) is 0 Å². The molecule has 5 heteroatoms. The molecule has 1 N–H and O–H groups in total. The summed E-state index contributed by atoms with van der Waals surface area (Å²) >= 11 is 6.71. The molecule has 1 aromatic rings. The van der Waals surface area contributed by atoms with Crippen molar-refractivity contribution in [3.05, 3.63) is 35.9 Å². The monoisotopic (exact) mass is 426 g/mol. The van der Waals surface area contributed by atoms with Crippen LogP contribution in [-0.2, 0) is 15.6 Å². The van der Waals surface area contributed by atoms with E-state index in [2.05, 4.69) is 46.0 Å². The number of Topliss-reactive ketones (excluding diaryl/α,β-unsaturated/α-hetero) is 1. The summed E-state index contributed by atoms with van der Waals surface area (Å²) in [6, 6.07) is 10.2. The van der Waals surface area contributed by atoms with Crippen LogP contribution in [0.1, 0.15) is 59.9 Å². The quantitative estimate of drug-likeness (QED) is 0.390. The van der Waals surface area contributed by atoms with Gasteiger partial charge < -0.3 is 9.53 Å². The van der Waals surface area contributed by atoms with Gasteiger partial charge in [-0.3, -0.25) is 4.79 Å². The van der Waals surface area contributed by atoms with Crippen molar-refractivity contribution in [2.75, 3.05) is 0 Å². The van der Waals surface area contributed by atoms with Crippen LogP contribution in [0.3, 0.4) is 0 Å². The minimum atomic E-state index is -2.07. The zero-order valence-electron chi connectivity index (χ0n) is 18.9. The molecule has 3 atom stereocenters. The van der Waals surface area contributed by atoms with E-state index in [1.54, 1.807) is 0 Å². The molecule has 0 fully saturated rings. The van der Waals surface area contributed by atoms with Crippen molar-refractivity contribution in [2.45, 2.75) is 96.5 Å². The number of carbonyl (C=O) groups excluding carboxylic acids is 1. The Bertz CT molecular complexity index is 617. The molecule has 160 valence electrons. The number of hydrogen-bond acceptors (Lipinski definition) is 3. The van der Waals surface area contributed by atoms with Gasteiger partial charge in [0.05, 0.1) is 17.6 Å². The fourth-order valence-corrected chi connectivity index (χ4v) is 4.38. The van der Waals surface area contributed by atoms with Crippen LogP contribution < -0.4 is 0 Å². The molecule has 1 rings (SSSR count). The lowest BCUT2D eigenvalue weighted by atomic mass is 9.86. The molecule has 0 saturated heterocycles. The molecule has 1 unspecified atom stereocenters. The van der Waals surface area contributed by atoms with Crippen LogP contribution in [0.15, 0.2) is 30.3 Å². The number of aliphatic hydroxyl groups excluding tert-OH is 1. The van der Waals surface area contributed by atoms with Crippen molar-refractivity contribution < 1.29 is 14.3 Å². The van der Waals surface area contributed by atoms with E-state index < -0.39 is 25.2 Å². The van der Waals surface area contributed by atoms with E-state index >= 15 is 0 Å². The van der Waals surface area contributed by atoms with Crippen LogP contribution in [0.4, 0.5) is 0 Å². The first-order valence-corrected chi connectivity index (χ1v) is 13.6. The Hall–Kier alpha value is -0.683. The molecule has 0 amide bonds. The number of carbonyl (C=O) groups is 1. The molecule has 0 saturated carbocycles. The smallest absolute Gasteiger partial charge is 0.192 e. The summed E-state index contributed by atoms with van der Waals surface area (Å²) < 4.78 is 6.61. The van der Waals surface area contributed by atoms with Crippen LogP contribution in [-0.4, -0.2) is 36.8 Å².